The van der Waals surface area contributed by atoms with Gasteiger partial charge in [0.05, 0.1) is 29.1 Å². The second kappa shape index (κ2) is 9.10. The van der Waals surface area contributed by atoms with Crippen LogP contribution in [0.2, 0.25) is 5.02 Å². The fourth-order valence-corrected chi connectivity index (χ4v) is 5.07. The van der Waals surface area contributed by atoms with Crippen LogP contribution in [0.3, 0.4) is 0 Å². The molecule has 2 heterocycles. The summed E-state index contributed by atoms with van der Waals surface area (Å²) >= 11 is 6.12. The molecule has 36 heavy (non-hydrogen) atoms. The zero-order chi connectivity index (χ0) is 24.6. The minimum absolute atomic E-state index is 0.00474. The van der Waals surface area contributed by atoms with E-state index in [0.29, 0.717) is 40.4 Å². The number of aromatic nitrogens is 2. The van der Waals surface area contributed by atoms with Gasteiger partial charge in [0, 0.05) is 17.1 Å². The van der Waals surface area contributed by atoms with Crippen molar-refractivity contribution in [3.05, 3.63) is 135 Å². The van der Waals surface area contributed by atoms with Gasteiger partial charge in [0.25, 0.3) is 5.56 Å². The molecular weight excluding hydrogens is 470 g/mol. The lowest BCUT2D eigenvalue weighted by Crippen LogP contribution is -2.31. The first-order valence-corrected chi connectivity index (χ1v) is 12.2. The predicted molar refractivity (Wildman–Crippen MR) is 143 cm³/mol. The van der Waals surface area contributed by atoms with Gasteiger partial charge < -0.3 is 4.90 Å². The quantitative estimate of drug-likeness (QED) is 0.307. The van der Waals surface area contributed by atoms with Gasteiger partial charge in [-0.2, -0.15) is 0 Å². The van der Waals surface area contributed by atoms with E-state index in [0.717, 1.165) is 16.8 Å². The van der Waals surface area contributed by atoms with Gasteiger partial charge in [-0.3, -0.25) is 14.2 Å². The van der Waals surface area contributed by atoms with Crippen LogP contribution in [-0.4, -0.2) is 15.5 Å². The molecular formula is C30H22ClN3O2. The summed E-state index contributed by atoms with van der Waals surface area (Å²) < 4.78 is 1.61. The van der Waals surface area contributed by atoms with Gasteiger partial charge in [0.15, 0.2) is 0 Å². The van der Waals surface area contributed by atoms with E-state index in [9.17, 15) is 9.59 Å². The summed E-state index contributed by atoms with van der Waals surface area (Å²) in [6.07, 6.45) is 0.295. The second-order valence-corrected chi connectivity index (χ2v) is 9.32. The van der Waals surface area contributed by atoms with E-state index < -0.39 is 5.92 Å². The SMILES string of the molecule is O=C1[C@H](Cc2nc3ccccc3c(=O)n2-c2ccc(Cl)cc2)c2ccccc2N1Cc1ccccc1. The van der Waals surface area contributed by atoms with E-state index in [2.05, 4.69) is 0 Å². The van der Waals surface area contributed by atoms with E-state index in [1.54, 1.807) is 34.9 Å². The summed E-state index contributed by atoms with van der Waals surface area (Å²) in [5.41, 5.74) is 4.02. The third-order valence-electron chi connectivity index (χ3n) is 6.67. The molecule has 1 amide bonds. The topological polar surface area (TPSA) is 55.2 Å². The summed E-state index contributed by atoms with van der Waals surface area (Å²) in [5, 5.41) is 1.11. The van der Waals surface area contributed by atoms with Crippen molar-refractivity contribution >= 4 is 34.1 Å². The van der Waals surface area contributed by atoms with Crippen molar-refractivity contribution in [1.82, 2.24) is 9.55 Å². The maximum absolute atomic E-state index is 13.8. The maximum atomic E-state index is 13.8. The molecule has 0 saturated heterocycles. The summed E-state index contributed by atoms with van der Waals surface area (Å²) in [5.74, 6) is 0.0948. The average Bonchev–Trinajstić information content (AvgIpc) is 3.16. The molecule has 0 spiro atoms. The molecule has 1 atom stereocenters. The first kappa shape index (κ1) is 22.3. The summed E-state index contributed by atoms with van der Waals surface area (Å²) in [6, 6.07) is 32.2. The molecule has 1 aromatic heterocycles. The van der Waals surface area contributed by atoms with E-state index in [1.807, 2.05) is 77.7 Å². The summed E-state index contributed by atoms with van der Waals surface area (Å²) in [7, 11) is 0. The second-order valence-electron chi connectivity index (χ2n) is 8.89. The molecule has 6 rings (SSSR count). The lowest BCUT2D eigenvalue weighted by atomic mass is 9.96. The Labute approximate surface area is 213 Å². The third kappa shape index (κ3) is 3.88. The van der Waals surface area contributed by atoms with Crippen molar-refractivity contribution in [1.29, 1.82) is 0 Å². The molecule has 0 N–H and O–H groups in total. The number of rotatable bonds is 5. The van der Waals surface area contributed by atoms with Crippen LogP contribution in [0.4, 0.5) is 5.69 Å². The third-order valence-corrected chi connectivity index (χ3v) is 6.92. The minimum atomic E-state index is -0.448. The molecule has 6 heteroatoms. The highest BCUT2D eigenvalue weighted by molar-refractivity contribution is 6.30. The number of halogens is 1. The molecule has 0 saturated carbocycles. The molecule has 176 valence electrons. The Balaban J connectivity index is 1.46. The molecule has 0 unspecified atom stereocenters. The molecule has 4 aromatic carbocycles. The van der Waals surface area contributed by atoms with Crippen LogP contribution in [0, 0.1) is 0 Å². The number of carbonyl (C=O) groups excluding carboxylic acids is 1. The number of para-hydroxylation sites is 2. The van der Waals surface area contributed by atoms with Crippen molar-refractivity contribution in [3.63, 3.8) is 0 Å². The number of benzene rings is 4. The molecule has 0 radical (unpaired) electrons. The van der Waals surface area contributed by atoms with Crippen LogP contribution >= 0.6 is 11.6 Å². The Morgan fingerprint density at radius 1 is 0.778 bits per heavy atom. The van der Waals surface area contributed by atoms with Crippen molar-refractivity contribution in [3.8, 4) is 5.69 Å². The van der Waals surface area contributed by atoms with Gasteiger partial charge in [0.2, 0.25) is 5.91 Å². The van der Waals surface area contributed by atoms with Crippen LogP contribution in [0.25, 0.3) is 16.6 Å². The number of carbonyl (C=O) groups is 1. The highest BCUT2D eigenvalue weighted by Gasteiger charge is 2.38. The molecule has 5 nitrogen and oxygen atoms in total. The first-order chi connectivity index (χ1) is 17.6. The Bertz CT molecular complexity index is 1650. The zero-order valence-corrected chi connectivity index (χ0v) is 20.1. The fourth-order valence-electron chi connectivity index (χ4n) is 4.95. The maximum Gasteiger partial charge on any atom is 0.265 e. The van der Waals surface area contributed by atoms with E-state index in [1.165, 1.54) is 0 Å². The molecule has 0 bridgehead atoms. The lowest BCUT2D eigenvalue weighted by Gasteiger charge is -2.19. The van der Waals surface area contributed by atoms with E-state index >= 15 is 0 Å². The lowest BCUT2D eigenvalue weighted by molar-refractivity contribution is -0.119. The van der Waals surface area contributed by atoms with Crippen LogP contribution in [-0.2, 0) is 17.8 Å². The van der Waals surface area contributed by atoms with Gasteiger partial charge >= 0.3 is 0 Å². The van der Waals surface area contributed by atoms with Crippen LogP contribution in [0.15, 0.2) is 108 Å². The Morgan fingerprint density at radius 3 is 2.28 bits per heavy atom. The van der Waals surface area contributed by atoms with E-state index in [-0.39, 0.29) is 11.5 Å². The number of hydrogen-bond donors (Lipinski definition) is 0. The number of amides is 1. The van der Waals surface area contributed by atoms with Gasteiger partial charge in [-0.25, -0.2) is 4.98 Å². The highest BCUT2D eigenvalue weighted by Crippen LogP contribution is 2.40. The number of hydrogen-bond acceptors (Lipinski definition) is 3. The summed E-state index contributed by atoms with van der Waals surface area (Å²) in [6.45, 7) is 0.488. The zero-order valence-electron chi connectivity index (χ0n) is 19.3. The van der Waals surface area contributed by atoms with Crippen LogP contribution in [0.5, 0.6) is 0 Å². The average molecular weight is 492 g/mol. The Kier molecular flexibility index (Phi) is 5.62. The number of nitrogens with zero attached hydrogens (tertiary/aromatic N) is 3. The van der Waals surface area contributed by atoms with E-state index in [4.69, 9.17) is 16.6 Å². The molecule has 0 aliphatic carbocycles. The van der Waals surface area contributed by atoms with Gasteiger partial charge in [-0.1, -0.05) is 72.3 Å². The minimum Gasteiger partial charge on any atom is -0.307 e. The number of fused-ring (bicyclic) bond motifs is 2. The first-order valence-electron chi connectivity index (χ1n) is 11.8. The molecule has 1 aliphatic heterocycles. The Hall–Kier alpha value is -4.22. The number of anilines is 1. The van der Waals surface area contributed by atoms with Crippen molar-refractivity contribution in [2.75, 3.05) is 4.90 Å². The highest BCUT2D eigenvalue weighted by atomic mass is 35.5. The largest absolute Gasteiger partial charge is 0.307 e. The molecule has 1 aliphatic rings. The van der Waals surface area contributed by atoms with Crippen LogP contribution in [0.1, 0.15) is 22.9 Å². The van der Waals surface area contributed by atoms with Crippen molar-refractivity contribution < 1.29 is 4.79 Å². The van der Waals surface area contributed by atoms with Crippen LogP contribution < -0.4 is 10.5 Å². The standard InChI is InChI=1S/C30H22ClN3O2/c31-21-14-16-22(17-15-21)34-28(32-26-12-6-4-11-24(26)30(34)36)18-25-23-10-5-7-13-27(23)33(29(25)35)19-20-8-2-1-3-9-20/h1-17,25H,18-19H2/t25-/m1/s1. The molecule has 5 aromatic rings. The smallest absolute Gasteiger partial charge is 0.265 e. The predicted octanol–water partition coefficient (Wildman–Crippen LogP) is 5.91. The Morgan fingerprint density at radius 2 is 1.47 bits per heavy atom. The fraction of sp³-hybridized carbons (Fsp3) is 0.100. The van der Waals surface area contributed by atoms with Gasteiger partial charge in [-0.05, 0) is 53.6 Å². The van der Waals surface area contributed by atoms with Crippen molar-refractivity contribution in [2.45, 2.75) is 18.9 Å². The van der Waals surface area contributed by atoms with Gasteiger partial charge in [-0.15, -0.1) is 0 Å². The molecule has 0 fully saturated rings. The van der Waals surface area contributed by atoms with Gasteiger partial charge in [0.1, 0.15) is 5.82 Å². The van der Waals surface area contributed by atoms with Crippen molar-refractivity contribution in [2.24, 2.45) is 0 Å². The summed E-state index contributed by atoms with van der Waals surface area (Å²) in [4.78, 5) is 34.1. The monoisotopic (exact) mass is 491 g/mol. The normalized spacial score (nSPS) is 14.9.